The monoisotopic (exact) mass is 576 g/mol. The third-order valence-corrected chi connectivity index (χ3v) is 10.8. The summed E-state index contributed by atoms with van der Waals surface area (Å²) < 4.78 is 1.95. The van der Waals surface area contributed by atoms with Gasteiger partial charge in [0.2, 0.25) is 12.5 Å². The number of hydrogen-bond donors (Lipinski definition) is 2. The predicted molar refractivity (Wildman–Crippen MR) is 160 cm³/mol. The van der Waals surface area contributed by atoms with Crippen LogP contribution < -0.4 is 10.9 Å². The Hall–Kier alpha value is -3.23. The molecule has 1 heterocycles. The average Bonchev–Trinajstić information content (AvgIpc) is 2.97. The molecule has 0 saturated heterocycles. The van der Waals surface area contributed by atoms with Crippen LogP contribution in [-0.4, -0.2) is 45.9 Å². The Morgan fingerprint density at radius 3 is 2.36 bits per heavy atom. The zero-order valence-electron chi connectivity index (χ0n) is 24.7. The fourth-order valence-electron chi connectivity index (χ4n) is 9.27. The molecule has 1 aromatic heterocycles. The number of carboxylic acid groups (broad SMARTS) is 1. The molecule has 226 valence electrons. The SMILES string of the molecule is CNC(=O)CC/C(=N\OCC(=O)O)c1nc2ccccc2n(C2C[C@H]3CCC[C@@H](C2)C3C2C[C@H]3CCC[C@@H](C2)C3)c1=O. The minimum atomic E-state index is -1.17. The van der Waals surface area contributed by atoms with Gasteiger partial charge in [-0.25, -0.2) is 9.78 Å². The molecule has 0 aliphatic heterocycles. The third-order valence-electron chi connectivity index (χ3n) is 10.8. The van der Waals surface area contributed by atoms with Crippen LogP contribution in [0.15, 0.2) is 34.2 Å². The lowest BCUT2D eigenvalue weighted by Crippen LogP contribution is -2.45. The van der Waals surface area contributed by atoms with E-state index >= 15 is 0 Å². The number of rotatable bonds is 9. The van der Waals surface area contributed by atoms with Crippen molar-refractivity contribution in [1.29, 1.82) is 0 Å². The fraction of sp³-hybridized carbons (Fsp3) is 0.667. The Labute approximate surface area is 247 Å². The molecule has 0 radical (unpaired) electrons. The molecular weight excluding hydrogens is 532 g/mol. The van der Waals surface area contributed by atoms with Gasteiger partial charge in [-0.05, 0) is 79.7 Å². The molecule has 1 amide bonds. The molecule has 9 heteroatoms. The highest BCUT2D eigenvalue weighted by atomic mass is 16.6. The summed E-state index contributed by atoms with van der Waals surface area (Å²) in [4.78, 5) is 47.2. The molecule has 3 unspecified atom stereocenters. The normalized spacial score (nSPS) is 31.0. The molecule has 1 aromatic carbocycles. The van der Waals surface area contributed by atoms with Crippen LogP contribution in [0.5, 0.6) is 0 Å². The molecule has 2 N–H and O–H groups in total. The molecule has 4 fully saturated rings. The van der Waals surface area contributed by atoms with Crippen LogP contribution in [-0.2, 0) is 14.4 Å². The number of carboxylic acids is 1. The van der Waals surface area contributed by atoms with Crippen LogP contribution in [0.3, 0.4) is 0 Å². The van der Waals surface area contributed by atoms with Crippen molar-refractivity contribution >= 4 is 28.6 Å². The number of aromatic nitrogens is 2. The van der Waals surface area contributed by atoms with Gasteiger partial charge in [0, 0.05) is 25.9 Å². The van der Waals surface area contributed by atoms with Crippen molar-refractivity contribution in [3.05, 3.63) is 40.3 Å². The Balaban J connectivity index is 1.34. The molecule has 42 heavy (non-hydrogen) atoms. The highest BCUT2D eigenvalue weighted by molar-refractivity contribution is 6.01. The van der Waals surface area contributed by atoms with Crippen LogP contribution in [0.4, 0.5) is 0 Å². The van der Waals surface area contributed by atoms with Gasteiger partial charge >= 0.3 is 5.97 Å². The van der Waals surface area contributed by atoms with E-state index in [-0.39, 0.29) is 41.8 Å². The second-order valence-electron chi connectivity index (χ2n) is 13.3. The Kier molecular flexibility index (Phi) is 8.63. The molecule has 6 rings (SSSR count). The molecule has 4 aliphatic rings. The Bertz CT molecular complexity index is 1380. The summed E-state index contributed by atoms with van der Waals surface area (Å²) in [6.45, 7) is -0.637. The molecule has 4 aliphatic carbocycles. The summed E-state index contributed by atoms with van der Waals surface area (Å²) in [6.07, 6.45) is 14.5. The lowest BCUT2D eigenvalue weighted by atomic mass is 9.54. The van der Waals surface area contributed by atoms with Crippen LogP contribution >= 0.6 is 0 Å². The molecule has 4 saturated carbocycles. The van der Waals surface area contributed by atoms with E-state index in [2.05, 4.69) is 10.5 Å². The third kappa shape index (κ3) is 5.97. The summed E-state index contributed by atoms with van der Waals surface area (Å²) in [5.74, 6) is 3.34. The number of amides is 1. The van der Waals surface area contributed by atoms with Gasteiger partial charge in [0.25, 0.3) is 5.56 Å². The first-order valence-electron chi connectivity index (χ1n) is 16.0. The fourth-order valence-corrected chi connectivity index (χ4v) is 9.27. The first-order chi connectivity index (χ1) is 20.4. The number of carbonyl (C=O) groups is 2. The molecule has 0 spiro atoms. The summed E-state index contributed by atoms with van der Waals surface area (Å²) in [5, 5.41) is 15.7. The zero-order valence-corrected chi connectivity index (χ0v) is 24.7. The van der Waals surface area contributed by atoms with Crippen LogP contribution in [0.25, 0.3) is 11.0 Å². The van der Waals surface area contributed by atoms with Crippen molar-refractivity contribution in [2.45, 2.75) is 89.5 Å². The second-order valence-corrected chi connectivity index (χ2v) is 13.3. The summed E-state index contributed by atoms with van der Waals surface area (Å²) >= 11 is 0. The number of nitrogens with zero attached hydrogens (tertiary/aromatic N) is 3. The number of hydrogen-bond acceptors (Lipinski definition) is 6. The summed E-state index contributed by atoms with van der Waals surface area (Å²) in [6, 6.07) is 7.79. The van der Waals surface area contributed by atoms with Crippen molar-refractivity contribution in [1.82, 2.24) is 14.9 Å². The first-order valence-corrected chi connectivity index (χ1v) is 16.0. The van der Waals surface area contributed by atoms with Gasteiger partial charge in [0.05, 0.1) is 11.0 Å². The highest BCUT2D eigenvalue weighted by Gasteiger charge is 2.47. The highest BCUT2D eigenvalue weighted by Crippen LogP contribution is 2.56. The Morgan fingerprint density at radius 2 is 1.67 bits per heavy atom. The number of oxime groups is 1. The maximum atomic E-state index is 14.3. The lowest BCUT2D eigenvalue weighted by molar-refractivity contribution is -0.142. The zero-order chi connectivity index (χ0) is 29.2. The van der Waals surface area contributed by atoms with E-state index in [1.807, 2.05) is 28.8 Å². The average molecular weight is 577 g/mol. The number of para-hydroxylation sites is 2. The van der Waals surface area contributed by atoms with Gasteiger partial charge in [-0.2, -0.15) is 0 Å². The first kappa shape index (κ1) is 28.9. The largest absolute Gasteiger partial charge is 0.479 e. The number of aliphatic carboxylic acids is 1. The van der Waals surface area contributed by atoms with E-state index in [9.17, 15) is 14.4 Å². The van der Waals surface area contributed by atoms with Gasteiger partial charge in [-0.1, -0.05) is 55.8 Å². The van der Waals surface area contributed by atoms with Crippen LogP contribution in [0, 0.1) is 35.5 Å². The van der Waals surface area contributed by atoms with E-state index in [0.29, 0.717) is 17.4 Å². The van der Waals surface area contributed by atoms with Gasteiger partial charge in [-0.15, -0.1) is 0 Å². The van der Waals surface area contributed by atoms with Crippen molar-refractivity contribution in [3.63, 3.8) is 0 Å². The number of fused-ring (bicyclic) bond motifs is 5. The Morgan fingerprint density at radius 1 is 0.976 bits per heavy atom. The van der Waals surface area contributed by atoms with Crippen molar-refractivity contribution in [3.8, 4) is 0 Å². The van der Waals surface area contributed by atoms with Gasteiger partial charge in [0.1, 0.15) is 5.71 Å². The second kappa shape index (κ2) is 12.6. The summed E-state index contributed by atoms with van der Waals surface area (Å²) in [7, 11) is 1.55. The van der Waals surface area contributed by atoms with Crippen molar-refractivity contribution < 1.29 is 19.5 Å². The molecule has 7 atom stereocenters. The maximum absolute atomic E-state index is 14.3. The molecule has 4 bridgehead atoms. The summed E-state index contributed by atoms with van der Waals surface area (Å²) in [5.41, 5.74) is 1.60. The number of nitrogens with one attached hydrogen (secondary N) is 1. The standard InChI is InChI=1S/C33H44N4O5/c1-34-29(38)13-12-27(36-42-19-30(39)40)32-33(41)37(28-11-3-2-10-26(28)35-32)25-17-22-8-5-9-23(18-25)31(22)24-15-20-6-4-7-21(14-20)16-24/h2-3,10-11,20-25,31H,4-9,12-19H2,1H3,(H,34,38)(H,39,40)/b36-27+/t20-,21+,22-,23+,24?,25?,31?. The lowest BCUT2D eigenvalue weighted by Gasteiger charge is -2.52. The van der Waals surface area contributed by atoms with Crippen molar-refractivity contribution in [2.75, 3.05) is 13.7 Å². The van der Waals surface area contributed by atoms with Gasteiger partial charge in [-0.3, -0.25) is 9.59 Å². The van der Waals surface area contributed by atoms with E-state index in [0.717, 1.165) is 42.0 Å². The molecule has 9 nitrogen and oxygen atoms in total. The van der Waals surface area contributed by atoms with Crippen LogP contribution in [0.2, 0.25) is 0 Å². The predicted octanol–water partition coefficient (Wildman–Crippen LogP) is 5.31. The van der Waals surface area contributed by atoms with Gasteiger partial charge < -0.3 is 19.8 Å². The van der Waals surface area contributed by atoms with Gasteiger partial charge in [0.15, 0.2) is 5.69 Å². The maximum Gasteiger partial charge on any atom is 0.344 e. The molecular formula is C33H44N4O5. The van der Waals surface area contributed by atoms with E-state index in [4.69, 9.17) is 14.9 Å². The molecule has 2 aromatic rings. The van der Waals surface area contributed by atoms with Crippen LogP contribution in [0.1, 0.15) is 95.2 Å². The van der Waals surface area contributed by atoms with E-state index < -0.39 is 12.6 Å². The topological polar surface area (TPSA) is 123 Å². The quantitative estimate of drug-likeness (QED) is 0.308. The van der Waals surface area contributed by atoms with Crippen molar-refractivity contribution in [2.24, 2.45) is 40.7 Å². The van der Waals surface area contributed by atoms with E-state index in [1.165, 1.54) is 57.8 Å². The number of carbonyl (C=O) groups excluding carboxylic acids is 1. The minimum absolute atomic E-state index is 0.0684. The smallest absolute Gasteiger partial charge is 0.344 e. The number of benzene rings is 1. The minimum Gasteiger partial charge on any atom is -0.479 e. The van der Waals surface area contributed by atoms with E-state index in [1.54, 1.807) is 7.05 Å².